The number of piperidine rings is 1. The third-order valence-electron chi connectivity index (χ3n) is 4.80. The number of thioether (sulfide) groups is 1. The minimum atomic E-state index is -3.37. The Hall–Kier alpha value is -1.25. The lowest BCUT2D eigenvalue weighted by Gasteiger charge is -2.31. The van der Waals surface area contributed by atoms with Gasteiger partial charge in [0.1, 0.15) is 0 Å². The molecule has 1 saturated heterocycles. The first kappa shape index (κ1) is 22.0. The Labute approximate surface area is 168 Å². The van der Waals surface area contributed by atoms with E-state index in [1.165, 1.54) is 12.2 Å². The van der Waals surface area contributed by atoms with Crippen molar-refractivity contribution in [2.45, 2.75) is 30.6 Å². The first-order chi connectivity index (χ1) is 13.1. The van der Waals surface area contributed by atoms with Crippen molar-refractivity contribution in [3.63, 3.8) is 0 Å². The van der Waals surface area contributed by atoms with Crippen molar-refractivity contribution in [3.8, 4) is 0 Å². The van der Waals surface area contributed by atoms with Gasteiger partial charge in [-0.05, 0) is 55.7 Å². The molecule has 0 bridgehead atoms. The maximum Gasteiger partial charge on any atom is 0.243 e. The first-order valence-corrected chi connectivity index (χ1v) is 12.4. The zero-order chi connectivity index (χ0) is 19.5. The molecule has 0 spiro atoms. The number of nitrogens with one attached hydrogen (secondary N) is 2. The highest BCUT2D eigenvalue weighted by molar-refractivity contribution is 7.98. The van der Waals surface area contributed by atoms with E-state index in [9.17, 15) is 8.42 Å². The zero-order valence-electron chi connectivity index (χ0n) is 16.4. The highest BCUT2D eigenvalue weighted by atomic mass is 32.2. The molecule has 0 atom stereocenters. The molecule has 152 valence electrons. The molecule has 6 nitrogen and oxygen atoms in total. The van der Waals surface area contributed by atoms with Crippen molar-refractivity contribution >= 4 is 27.7 Å². The topological polar surface area (TPSA) is 73.8 Å². The van der Waals surface area contributed by atoms with Gasteiger partial charge in [-0.3, -0.25) is 4.99 Å². The Bertz CT molecular complexity index is 672. The van der Waals surface area contributed by atoms with Crippen molar-refractivity contribution in [3.05, 3.63) is 30.3 Å². The Morgan fingerprint density at radius 3 is 2.52 bits per heavy atom. The third-order valence-corrected chi connectivity index (χ3v) is 7.41. The molecule has 0 saturated carbocycles. The van der Waals surface area contributed by atoms with Crippen molar-refractivity contribution in [2.24, 2.45) is 10.9 Å². The summed E-state index contributed by atoms with van der Waals surface area (Å²) in [7, 11) is -1.58. The lowest BCUT2D eigenvalue weighted by molar-refractivity contribution is 0.273. The van der Waals surface area contributed by atoms with E-state index in [1.807, 2.05) is 17.8 Å². The smallest absolute Gasteiger partial charge is 0.243 e. The van der Waals surface area contributed by atoms with Gasteiger partial charge in [-0.2, -0.15) is 16.1 Å². The maximum absolute atomic E-state index is 12.7. The van der Waals surface area contributed by atoms with E-state index >= 15 is 0 Å². The van der Waals surface area contributed by atoms with Crippen LogP contribution in [-0.2, 0) is 10.0 Å². The number of nitrogens with zero attached hydrogens (tertiary/aromatic N) is 2. The number of rotatable bonds is 9. The highest BCUT2D eigenvalue weighted by Gasteiger charge is 2.29. The normalized spacial score (nSPS) is 17.0. The largest absolute Gasteiger partial charge is 0.356 e. The minimum absolute atomic E-state index is 0.382. The monoisotopic (exact) mass is 412 g/mol. The summed E-state index contributed by atoms with van der Waals surface area (Å²) in [6.07, 6.45) is 6.20. The number of hydrogen-bond acceptors (Lipinski definition) is 4. The number of benzene rings is 1. The molecule has 0 radical (unpaired) electrons. The van der Waals surface area contributed by atoms with Crippen LogP contribution in [0, 0.1) is 5.92 Å². The first-order valence-electron chi connectivity index (χ1n) is 9.56. The summed E-state index contributed by atoms with van der Waals surface area (Å²) >= 11 is 1.88. The molecule has 27 heavy (non-hydrogen) atoms. The van der Waals surface area contributed by atoms with Crippen LogP contribution in [0.3, 0.4) is 0 Å². The molecule has 1 aromatic rings. The minimum Gasteiger partial charge on any atom is -0.356 e. The summed E-state index contributed by atoms with van der Waals surface area (Å²) < 4.78 is 27.0. The quantitative estimate of drug-likeness (QED) is 0.370. The van der Waals surface area contributed by atoms with Crippen LogP contribution in [-0.4, -0.2) is 63.9 Å². The van der Waals surface area contributed by atoms with E-state index in [4.69, 9.17) is 0 Å². The fourth-order valence-corrected chi connectivity index (χ4v) is 5.12. The summed E-state index contributed by atoms with van der Waals surface area (Å²) in [5.41, 5.74) is 0. The highest BCUT2D eigenvalue weighted by Crippen LogP contribution is 2.23. The van der Waals surface area contributed by atoms with E-state index in [-0.39, 0.29) is 0 Å². The summed E-state index contributed by atoms with van der Waals surface area (Å²) in [6, 6.07) is 8.70. The zero-order valence-corrected chi connectivity index (χ0v) is 18.0. The second kappa shape index (κ2) is 11.6. The van der Waals surface area contributed by atoms with E-state index in [1.54, 1.807) is 35.6 Å². The number of aliphatic imine (C=N–C) groups is 1. The van der Waals surface area contributed by atoms with Gasteiger partial charge in [0, 0.05) is 33.2 Å². The van der Waals surface area contributed by atoms with Crippen molar-refractivity contribution in [1.29, 1.82) is 0 Å². The van der Waals surface area contributed by atoms with Gasteiger partial charge in [-0.15, -0.1) is 0 Å². The van der Waals surface area contributed by atoms with Crippen LogP contribution in [0.5, 0.6) is 0 Å². The van der Waals surface area contributed by atoms with Crippen LogP contribution in [0.4, 0.5) is 0 Å². The van der Waals surface area contributed by atoms with Gasteiger partial charge >= 0.3 is 0 Å². The van der Waals surface area contributed by atoms with Crippen LogP contribution < -0.4 is 10.6 Å². The summed E-state index contributed by atoms with van der Waals surface area (Å²) in [4.78, 5) is 4.65. The Morgan fingerprint density at radius 2 is 1.89 bits per heavy atom. The molecule has 2 N–H and O–H groups in total. The SMILES string of the molecule is CN=C(NCCCCSC)NCC1CCN(S(=O)(=O)c2ccccc2)CC1. The van der Waals surface area contributed by atoms with Gasteiger partial charge in [-0.1, -0.05) is 18.2 Å². The number of hydrogen-bond donors (Lipinski definition) is 2. The van der Waals surface area contributed by atoms with Crippen LogP contribution in [0.15, 0.2) is 40.2 Å². The Kier molecular flexibility index (Phi) is 9.44. The van der Waals surface area contributed by atoms with Gasteiger partial charge in [0.25, 0.3) is 0 Å². The number of unbranched alkanes of at least 4 members (excludes halogenated alkanes) is 1. The van der Waals surface area contributed by atoms with Crippen molar-refractivity contribution in [1.82, 2.24) is 14.9 Å². The maximum atomic E-state index is 12.7. The van der Waals surface area contributed by atoms with E-state index in [0.29, 0.717) is 23.9 Å². The Balaban J connectivity index is 1.72. The number of guanidine groups is 1. The molecule has 1 aliphatic rings. The molecular formula is C19H32N4O2S2. The second-order valence-corrected chi connectivity index (χ2v) is 9.66. The van der Waals surface area contributed by atoms with Crippen LogP contribution in [0.25, 0.3) is 0 Å². The van der Waals surface area contributed by atoms with E-state index in [0.717, 1.165) is 38.3 Å². The molecular weight excluding hydrogens is 380 g/mol. The van der Waals surface area contributed by atoms with Gasteiger partial charge in [0.05, 0.1) is 4.90 Å². The molecule has 8 heteroatoms. The van der Waals surface area contributed by atoms with Gasteiger partial charge in [0.2, 0.25) is 10.0 Å². The number of sulfonamides is 1. The predicted molar refractivity (Wildman–Crippen MR) is 115 cm³/mol. The summed E-state index contributed by atoms with van der Waals surface area (Å²) in [5.74, 6) is 2.48. The van der Waals surface area contributed by atoms with Crippen molar-refractivity contribution < 1.29 is 8.42 Å². The molecule has 1 heterocycles. The van der Waals surface area contributed by atoms with E-state index < -0.39 is 10.0 Å². The fourth-order valence-electron chi connectivity index (χ4n) is 3.14. The molecule has 2 rings (SSSR count). The second-order valence-electron chi connectivity index (χ2n) is 6.74. The lowest BCUT2D eigenvalue weighted by atomic mass is 9.98. The average molecular weight is 413 g/mol. The molecule has 0 amide bonds. The van der Waals surface area contributed by atoms with E-state index in [2.05, 4.69) is 21.9 Å². The molecule has 1 aliphatic heterocycles. The van der Waals surface area contributed by atoms with Gasteiger partial charge in [0.15, 0.2) is 5.96 Å². The standard InChI is InChI=1S/C19H32N4O2S2/c1-20-19(21-12-6-7-15-26-2)22-16-17-10-13-23(14-11-17)27(24,25)18-8-4-3-5-9-18/h3-5,8-9,17H,6-7,10-16H2,1-2H3,(H2,20,21,22). The van der Waals surface area contributed by atoms with Crippen molar-refractivity contribution in [2.75, 3.05) is 45.2 Å². The van der Waals surface area contributed by atoms with Crippen LogP contribution >= 0.6 is 11.8 Å². The molecule has 0 unspecified atom stereocenters. The predicted octanol–water partition coefficient (Wildman–Crippen LogP) is 2.40. The lowest BCUT2D eigenvalue weighted by Crippen LogP contribution is -2.44. The molecule has 1 aromatic carbocycles. The van der Waals surface area contributed by atoms with Gasteiger partial charge < -0.3 is 10.6 Å². The molecule has 0 aromatic heterocycles. The Morgan fingerprint density at radius 1 is 1.19 bits per heavy atom. The summed E-state index contributed by atoms with van der Waals surface area (Å²) in [5, 5.41) is 6.73. The van der Waals surface area contributed by atoms with Crippen LogP contribution in [0.2, 0.25) is 0 Å². The third kappa shape index (κ3) is 7.01. The fraction of sp³-hybridized carbons (Fsp3) is 0.632. The molecule has 1 fully saturated rings. The van der Waals surface area contributed by atoms with Gasteiger partial charge in [-0.25, -0.2) is 8.42 Å². The summed E-state index contributed by atoms with van der Waals surface area (Å²) in [6.45, 7) is 2.90. The average Bonchev–Trinajstić information content (AvgIpc) is 2.71. The molecule has 0 aliphatic carbocycles. The van der Waals surface area contributed by atoms with Crippen LogP contribution in [0.1, 0.15) is 25.7 Å².